The Morgan fingerprint density at radius 2 is 2.32 bits per heavy atom. The van der Waals surface area contributed by atoms with Crippen molar-refractivity contribution in [3.8, 4) is 0 Å². The smallest absolute Gasteiger partial charge is 0.220 e. The zero-order valence-electron chi connectivity index (χ0n) is 10.8. The third-order valence-electron chi connectivity index (χ3n) is 3.26. The standard InChI is InChI=1S/C13H15N3OS2/c1-3-9(2)13-16(12-5-14-7-17-12)6-11(19-13)10-4-15-8-18-10/h4-9,13H,3H2,1-2H3. The summed E-state index contributed by atoms with van der Waals surface area (Å²) in [7, 11) is 0. The fourth-order valence-corrected chi connectivity index (χ4v) is 4.11. The lowest BCUT2D eigenvalue weighted by Crippen LogP contribution is -2.29. The summed E-state index contributed by atoms with van der Waals surface area (Å²) in [5, 5.41) is 0.357. The molecule has 0 spiro atoms. The Balaban J connectivity index is 1.92. The van der Waals surface area contributed by atoms with Crippen molar-refractivity contribution in [2.45, 2.75) is 25.6 Å². The summed E-state index contributed by atoms with van der Waals surface area (Å²) in [5.41, 5.74) is 1.87. The highest BCUT2D eigenvalue weighted by Gasteiger charge is 2.32. The molecule has 0 saturated carbocycles. The van der Waals surface area contributed by atoms with Gasteiger partial charge < -0.3 is 9.32 Å². The number of hydrogen-bond acceptors (Lipinski definition) is 6. The first-order chi connectivity index (χ1) is 9.29. The molecule has 0 aliphatic carbocycles. The number of anilines is 1. The van der Waals surface area contributed by atoms with Gasteiger partial charge in [0.05, 0.1) is 22.0 Å². The first-order valence-corrected chi connectivity index (χ1v) is 7.99. The largest absolute Gasteiger partial charge is 0.428 e. The summed E-state index contributed by atoms with van der Waals surface area (Å²) >= 11 is 3.54. The fourth-order valence-electron chi connectivity index (χ4n) is 1.99. The molecule has 0 saturated heterocycles. The van der Waals surface area contributed by atoms with E-state index < -0.39 is 0 Å². The summed E-state index contributed by atoms with van der Waals surface area (Å²) in [6, 6.07) is 0. The van der Waals surface area contributed by atoms with Crippen LogP contribution in [0.1, 0.15) is 25.1 Å². The van der Waals surface area contributed by atoms with Crippen molar-refractivity contribution in [3.05, 3.63) is 35.4 Å². The Hall–Kier alpha value is -1.27. The van der Waals surface area contributed by atoms with E-state index in [1.165, 1.54) is 16.2 Å². The van der Waals surface area contributed by atoms with Gasteiger partial charge in [-0.1, -0.05) is 32.0 Å². The molecule has 100 valence electrons. The van der Waals surface area contributed by atoms with Gasteiger partial charge in [0, 0.05) is 17.3 Å². The van der Waals surface area contributed by atoms with Crippen LogP contribution in [0.2, 0.25) is 0 Å². The molecule has 2 unspecified atom stereocenters. The molecule has 0 aromatic carbocycles. The van der Waals surface area contributed by atoms with Gasteiger partial charge in [0.1, 0.15) is 0 Å². The molecule has 0 fully saturated rings. The number of oxazole rings is 1. The van der Waals surface area contributed by atoms with Crippen LogP contribution in [-0.4, -0.2) is 15.3 Å². The Labute approximate surface area is 120 Å². The van der Waals surface area contributed by atoms with E-state index >= 15 is 0 Å². The van der Waals surface area contributed by atoms with Crippen molar-refractivity contribution in [1.82, 2.24) is 9.97 Å². The van der Waals surface area contributed by atoms with E-state index in [9.17, 15) is 0 Å². The van der Waals surface area contributed by atoms with Crippen LogP contribution >= 0.6 is 23.1 Å². The number of aromatic nitrogens is 2. The van der Waals surface area contributed by atoms with Crippen LogP contribution in [0, 0.1) is 5.92 Å². The molecule has 2 aromatic heterocycles. The first kappa shape index (κ1) is 12.7. The lowest BCUT2D eigenvalue weighted by Gasteiger charge is -2.26. The van der Waals surface area contributed by atoms with Crippen LogP contribution in [0.4, 0.5) is 5.88 Å². The maximum atomic E-state index is 5.45. The van der Waals surface area contributed by atoms with E-state index in [4.69, 9.17) is 4.42 Å². The van der Waals surface area contributed by atoms with Gasteiger partial charge in [-0.3, -0.25) is 4.98 Å². The topological polar surface area (TPSA) is 42.2 Å². The number of hydrogen-bond donors (Lipinski definition) is 0. The van der Waals surface area contributed by atoms with Gasteiger partial charge in [-0.15, -0.1) is 11.3 Å². The number of thiazole rings is 1. The maximum Gasteiger partial charge on any atom is 0.220 e. The molecule has 2 atom stereocenters. The molecule has 6 heteroatoms. The van der Waals surface area contributed by atoms with Gasteiger partial charge in [-0.05, 0) is 5.92 Å². The second-order valence-electron chi connectivity index (χ2n) is 4.50. The molecule has 1 aliphatic heterocycles. The van der Waals surface area contributed by atoms with E-state index in [0.717, 1.165) is 12.3 Å². The van der Waals surface area contributed by atoms with Crippen LogP contribution in [-0.2, 0) is 0 Å². The predicted molar refractivity (Wildman–Crippen MR) is 79.9 cm³/mol. The molecule has 2 aromatic rings. The van der Waals surface area contributed by atoms with Gasteiger partial charge >= 0.3 is 0 Å². The summed E-state index contributed by atoms with van der Waals surface area (Å²) in [4.78, 5) is 12.8. The summed E-state index contributed by atoms with van der Waals surface area (Å²) in [6.07, 6.45) is 8.44. The first-order valence-electron chi connectivity index (χ1n) is 6.23. The van der Waals surface area contributed by atoms with E-state index in [1.807, 2.05) is 23.5 Å². The minimum Gasteiger partial charge on any atom is -0.428 e. The van der Waals surface area contributed by atoms with Crippen molar-refractivity contribution in [2.24, 2.45) is 5.92 Å². The van der Waals surface area contributed by atoms with Gasteiger partial charge in [0.25, 0.3) is 0 Å². The lowest BCUT2D eigenvalue weighted by molar-refractivity contribution is 0.497. The summed E-state index contributed by atoms with van der Waals surface area (Å²) in [6.45, 7) is 4.49. The van der Waals surface area contributed by atoms with Crippen molar-refractivity contribution in [2.75, 3.05) is 4.90 Å². The van der Waals surface area contributed by atoms with Crippen molar-refractivity contribution < 1.29 is 4.42 Å². The molecule has 0 amide bonds. The van der Waals surface area contributed by atoms with Gasteiger partial charge in [-0.25, -0.2) is 4.98 Å². The van der Waals surface area contributed by atoms with Crippen LogP contribution in [0.5, 0.6) is 0 Å². The van der Waals surface area contributed by atoms with Gasteiger partial charge in [0.15, 0.2) is 6.39 Å². The Morgan fingerprint density at radius 1 is 1.42 bits per heavy atom. The Morgan fingerprint density at radius 3 is 2.95 bits per heavy atom. The van der Waals surface area contributed by atoms with Crippen LogP contribution in [0.15, 0.2) is 34.9 Å². The zero-order chi connectivity index (χ0) is 13.2. The minimum absolute atomic E-state index is 0.357. The Kier molecular flexibility index (Phi) is 3.61. The molecular weight excluding hydrogens is 278 g/mol. The molecular formula is C13H15N3OS2. The number of thioether (sulfide) groups is 1. The van der Waals surface area contributed by atoms with Crippen LogP contribution < -0.4 is 4.90 Å². The number of nitrogens with zero attached hydrogens (tertiary/aromatic N) is 3. The van der Waals surface area contributed by atoms with Crippen molar-refractivity contribution >= 4 is 33.9 Å². The summed E-state index contributed by atoms with van der Waals surface area (Å²) in [5.74, 6) is 1.37. The average Bonchev–Trinajstić information content (AvgIpc) is 3.14. The second kappa shape index (κ2) is 5.38. The second-order valence-corrected chi connectivity index (χ2v) is 6.54. The minimum atomic E-state index is 0.357. The number of rotatable bonds is 4. The van der Waals surface area contributed by atoms with Crippen molar-refractivity contribution in [3.63, 3.8) is 0 Å². The fraction of sp³-hybridized carbons (Fsp3) is 0.385. The van der Waals surface area contributed by atoms with Gasteiger partial charge in [0.2, 0.25) is 5.88 Å². The highest BCUT2D eigenvalue weighted by Crippen LogP contribution is 2.45. The highest BCUT2D eigenvalue weighted by atomic mass is 32.2. The van der Waals surface area contributed by atoms with E-state index in [0.29, 0.717) is 11.3 Å². The molecule has 0 bridgehead atoms. The van der Waals surface area contributed by atoms with E-state index in [2.05, 4.69) is 34.9 Å². The quantitative estimate of drug-likeness (QED) is 0.850. The third-order valence-corrected chi connectivity index (χ3v) is 5.71. The molecule has 4 nitrogen and oxygen atoms in total. The zero-order valence-corrected chi connectivity index (χ0v) is 12.4. The average molecular weight is 293 g/mol. The highest BCUT2D eigenvalue weighted by molar-refractivity contribution is 8.09. The Bertz CT molecular complexity index is 550. The van der Waals surface area contributed by atoms with Gasteiger partial charge in [-0.2, -0.15) is 0 Å². The van der Waals surface area contributed by atoms with E-state index in [1.54, 1.807) is 17.5 Å². The molecule has 0 N–H and O–H groups in total. The molecule has 3 rings (SSSR count). The molecule has 0 radical (unpaired) electrons. The SMILES string of the molecule is CCC(C)C1SC(c2cncs2)=CN1c1cnco1. The van der Waals surface area contributed by atoms with Crippen LogP contribution in [0.25, 0.3) is 4.91 Å². The maximum absolute atomic E-state index is 5.45. The van der Waals surface area contributed by atoms with Crippen molar-refractivity contribution in [1.29, 1.82) is 0 Å². The normalized spacial score (nSPS) is 20.6. The monoisotopic (exact) mass is 293 g/mol. The molecule has 1 aliphatic rings. The lowest BCUT2D eigenvalue weighted by atomic mass is 10.1. The third kappa shape index (κ3) is 2.42. The molecule has 19 heavy (non-hydrogen) atoms. The van der Waals surface area contributed by atoms with Crippen LogP contribution in [0.3, 0.4) is 0 Å². The molecule has 3 heterocycles. The predicted octanol–water partition coefficient (Wildman–Crippen LogP) is 4.06. The van der Waals surface area contributed by atoms with E-state index in [-0.39, 0.29) is 0 Å². The summed E-state index contributed by atoms with van der Waals surface area (Å²) < 4.78 is 5.45.